The van der Waals surface area contributed by atoms with Gasteiger partial charge in [-0.3, -0.25) is 29.3 Å². The van der Waals surface area contributed by atoms with Gasteiger partial charge < -0.3 is 30.9 Å². The molecule has 1 aromatic carbocycles. The van der Waals surface area contributed by atoms with E-state index in [9.17, 15) is 34.1 Å². The maximum absolute atomic E-state index is 12.3. The van der Waals surface area contributed by atoms with Crippen molar-refractivity contribution < 1.29 is 43.5 Å². The lowest BCUT2D eigenvalue weighted by atomic mass is 10.1. The lowest BCUT2D eigenvalue weighted by Gasteiger charge is -2.18. The van der Waals surface area contributed by atoms with Gasteiger partial charge in [0.05, 0.1) is 11.5 Å². The zero-order valence-corrected chi connectivity index (χ0v) is 19.6. The largest absolute Gasteiger partial charge is 0.480 e. The molecular weight excluding hydrogens is 488 g/mol. The predicted molar refractivity (Wildman–Crippen MR) is 122 cm³/mol. The van der Waals surface area contributed by atoms with E-state index in [1.807, 2.05) is 0 Å². The molecule has 0 aliphatic carbocycles. The summed E-state index contributed by atoms with van der Waals surface area (Å²) in [6, 6.07) is 3.02. The molecule has 0 aromatic heterocycles. The molecule has 2 amide bonds. The van der Waals surface area contributed by atoms with Gasteiger partial charge in [-0.2, -0.15) is 0 Å². The monoisotopic (exact) mass is 514 g/mol. The van der Waals surface area contributed by atoms with Crippen molar-refractivity contribution in [1.82, 2.24) is 10.6 Å². The van der Waals surface area contributed by atoms with Crippen LogP contribution in [0.1, 0.15) is 25.3 Å². The molecule has 1 rings (SSSR count). The first-order valence-electron chi connectivity index (χ1n) is 10.3. The highest BCUT2D eigenvalue weighted by atomic mass is 32.2. The number of hydrogen-bond donors (Lipinski definition) is 4. The van der Waals surface area contributed by atoms with Crippen LogP contribution in [0.3, 0.4) is 0 Å². The third-order valence-electron chi connectivity index (χ3n) is 4.21. The molecule has 35 heavy (non-hydrogen) atoms. The van der Waals surface area contributed by atoms with Crippen LogP contribution in [0.4, 0.5) is 10.5 Å². The number of carboxylic acids is 1. The van der Waals surface area contributed by atoms with Gasteiger partial charge in [-0.1, -0.05) is 0 Å². The molecule has 1 aromatic rings. The summed E-state index contributed by atoms with van der Waals surface area (Å²) >= 11 is 0.561. The number of nitro groups is 1. The molecule has 0 bridgehead atoms. The molecule has 5 N–H and O–H groups in total. The Hall–Kier alpha value is -3.72. The number of ether oxygens (including phenoxy) is 2. The molecule has 0 saturated heterocycles. The van der Waals surface area contributed by atoms with E-state index in [1.54, 1.807) is 6.92 Å². The highest BCUT2D eigenvalue weighted by Gasteiger charge is 2.24. The third-order valence-corrected chi connectivity index (χ3v) is 5.06. The average molecular weight is 515 g/mol. The van der Waals surface area contributed by atoms with E-state index in [1.165, 1.54) is 24.3 Å². The summed E-state index contributed by atoms with van der Waals surface area (Å²) in [6.07, 6.45) is -0.281. The summed E-state index contributed by atoms with van der Waals surface area (Å²) in [7, 11) is 0. The lowest BCUT2D eigenvalue weighted by Crippen LogP contribution is -2.49. The van der Waals surface area contributed by atoms with Gasteiger partial charge >= 0.3 is 17.2 Å². The summed E-state index contributed by atoms with van der Waals surface area (Å²) in [6.45, 7) is 0.848. The first-order chi connectivity index (χ1) is 16.5. The number of nitro benzene ring substituents is 1. The number of carbonyl (C=O) groups excluding carboxylic acids is 4. The first-order valence-corrected chi connectivity index (χ1v) is 11.3. The van der Waals surface area contributed by atoms with Crippen LogP contribution in [0, 0.1) is 10.1 Å². The van der Waals surface area contributed by atoms with E-state index in [-0.39, 0.29) is 37.5 Å². The van der Waals surface area contributed by atoms with Gasteiger partial charge in [-0.05, 0) is 42.8 Å². The molecule has 15 heteroatoms. The molecule has 0 aliphatic rings. The summed E-state index contributed by atoms with van der Waals surface area (Å²) in [4.78, 5) is 68.9. The quantitative estimate of drug-likeness (QED) is 0.150. The Balaban J connectivity index is 2.62. The van der Waals surface area contributed by atoms with Crippen LogP contribution in [-0.4, -0.2) is 70.1 Å². The SMILES string of the molecule is CCOC(=O)[C@@H](N)CCC(=O)N[C@@H](CSC(=O)OCc1ccc([N+](=O)[O-])cc1)C(=O)NCC(=O)O. The number of nitrogens with two attached hydrogens (primary N) is 1. The Labute approximate surface area is 204 Å². The standard InChI is InChI=1S/C20H26N4O10S/c1-2-33-19(29)14(21)7-8-16(25)23-15(18(28)22-9-17(26)27)11-35-20(30)34-10-12-3-5-13(6-4-12)24(31)32/h3-6,14-15H,2,7-11,21H2,1H3,(H,22,28)(H,23,25)(H,26,27)/t14-,15-/m0/s1. The molecule has 0 saturated carbocycles. The van der Waals surface area contributed by atoms with Crippen LogP contribution < -0.4 is 16.4 Å². The Bertz CT molecular complexity index is 925. The minimum Gasteiger partial charge on any atom is -0.480 e. The van der Waals surface area contributed by atoms with Crippen molar-refractivity contribution in [1.29, 1.82) is 0 Å². The number of carboxylic acid groups (broad SMARTS) is 1. The van der Waals surface area contributed by atoms with Crippen molar-refractivity contribution in [3.05, 3.63) is 39.9 Å². The number of nitrogens with zero attached hydrogens (tertiary/aromatic N) is 1. The van der Waals surface area contributed by atoms with Crippen LogP contribution in [0.2, 0.25) is 0 Å². The molecule has 2 atom stereocenters. The maximum atomic E-state index is 12.3. The molecule has 0 radical (unpaired) electrons. The topological polar surface area (TPSA) is 217 Å². The van der Waals surface area contributed by atoms with Gasteiger partial charge in [0.2, 0.25) is 11.8 Å². The van der Waals surface area contributed by atoms with E-state index in [0.717, 1.165) is 0 Å². The van der Waals surface area contributed by atoms with Gasteiger partial charge in [0.1, 0.15) is 25.2 Å². The van der Waals surface area contributed by atoms with Crippen LogP contribution in [0.25, 0.3) is 0 Å². The zero-order chi connectivity index (χ0) is 26.4. The number of nitrogens with one attached hydrogen (secondary N) is 2. The average Bonchev–Trinajstić information content (AvgIpc) is 2.82. The minimum absolute atomic E-state index is 0.0570. The fourth-order valence-electron chi connectivity index (χ4n) is 2.44. The van der Waals surface area contributed by atoms with Crippen LogP contribution in [0.15, 0.2) is 24.3 Å². The van der Waals surface area contributed by atoms with Gasteiger partial charge in [0.15, 0.2) is 0 Å². The Morgan fingerprint density at radius 3 is 2.40 bits per heavy atom. The normalized spacial score (nSPS) is 12.1. The number of hydrogen-bond acceptors (Lipinski definition) is 11. The summed E-state index contributed by atoms with van der Waals surface area (Å²) in [5.41, 5.74) is 6.00. The number of carbonyl (C=O) groups is 5. The van der Waals surface area contributed by atoms with Crippen molar-refractivity contribution in [3.8, 4) is 0 Å². The van der Waals surface area contributed by atoms with Crippen LogP contribution in [-0.2, 0) is 35.3 Å². The highest BCUT2D eigenvalue weighted by molar-refractivity contribution is 8.13. The van der Waals surface area contributed by atoms with Crippen molar-refractivity contribution in [2.75, 3.05) is 18.9 Å². The van der Waals surface area contributed by atoms with E-state index < -0.39 is 52.6 Å². The molecular formula is C20H26N4O10S. The number of aliphatic carboxylic acids is 1. The van der Waals surface area contributed by atoms with Crippen molar-refractivity contribution in [2.45, 2.75) is 38.5 Å². The van der Waals surface area contributed by atoms with E-state index in [2.05, 4.69) is 10.6 Å². The minimum atomic E-state index is -1.31. The van der Waals surface area contributed by atoms with Crippen molar-refractivity contribution >= 4 is 46.5 Å². The Morgan fingerprint density at radius 2 is 1.83 bits per heavy atom. The van der Waals surface area contributed by atoms with Crippen molar-refractivity contribution in [2.24, 2.45) is 5.73 Å². The summed E-state index contributed by atoms with van der Waals surface area (Å²) in [5.74, 6) is -3.76. The Kier molecular flexibility index (Phi) is 12.8. The number of esters is 1. The zero-order valence-electron chi connectivity index (χ0n) is 18.8. The van der Waals surface area contributed by atoms with Gasteiger partial charge in [0.25, 0.3) is 5.69 Å². The highest BCUT2D eigenvalue weighted by Crippen LogP contribution is 2.15. The van der Waals surface area contributed by atoms with Gasteiger partial charge in [0, 0.05) is 24.3 Å². The molecule has 0 aliphatic heterocycles. The van der Waals surface area contributed by atoms with Gasteiger partial charge in [-0.25, -0.2) is 4.79 Å². The third kappa shape index (κ3) is 11.8. The predicted octanol–water partition coefficient (Wildman–Crippen LogP) is 0.321. The lowest BCUT2D eigenvalue weighted by molar-refractivity contribution is -0.384. The first kappa shape index (κ1) is 29.3. The number of benzene rings is 1. The number of rotatable bonds is 14. The van der Waals surface area contributed by atoms with Crippen LogP contribution in [0.5, 0.6) is 0 Å². The second-order valence-corrected chi connectivity index (χ2v) is 7.86. The molecule has 0 spiro atoms. The summed E-state index contributed by atoms with van der Waals surface area (Å²) < 4.78 is 9.78. The molecule has 0 fully saturated rings. The molecule has 0 unspecified atom stereocenters. The van der Waals surface area contributed by atoms with Crippen molar-refractivity contribution in [3.63, 3.8) is 0 Å². The maximum Gasteiger partial charge on any atom is 0.367 e. The van der Waals surface area contributed by atoms with Crippen LogP contribution >= 0.6 is 11.8 Å². The summed E-state index contributed by atoms with van der Waals surface area (Å²) in [5, 5.41) is 23.1. The number of thioether (sulfide) groups is 1. The fraction of sp³-hybridized carbons (Fsp3) is 0.450. The fourth-order valence-corrected chi connectivity index (χ4v) is 3.12. The van der Waals surface area contributed by atoms with E-state index >= 15 is 0 Å². The molecule has 192 valence electrons. The number of non-ortho nitro benzene ring substituents is 1. The molecule has 14 nitrogen and oxygen atoms in total. The second-order valence-electron chi connectivity index (χ2n) is 6.90. The number of amides is 2. The van der Waals surface area contributed by atoms with Gasteiger partial charge in [-0.15, -0.1) is 0 Å². The van der Waals surface area contributed by atoms with E-state index in [4.69, 9.17) is 20.3 Å². The second kappa shape index (κ2) is 15.2. The smallest absolute Gasteiger partial charge is 0.367 e. The molecule has 0 heterocycles. The van der Waals surface area contributed by atoms with E-state index in [0.29, 0.717) is 17.3 Å². The Morgan fingerprint density at radius 1 is 1.17 bits per heavy atom.